The van der Waals surface area contributed by atoms with Crippen LogP contribution in [0.5, 0.6) is 0 Å². The molecule has 5 N–H and O–H groups in total. The highest BCUT2D eigenvalue weighted by Crippen LogP contribution is 2.39. The van der Waals surface area contributed by atoms with Crippen LogP contribution in [-0.4, -0.2) is 35.0 Å². The molecule has 8 nitrogen and oxygen atoms in total. The van der Waals surface area contributed by atoms with E-state index >= 15 is 0 Å². The van der Waals surface area contributed by atoms with Crippen LogP contribution in [0, 0.1) is 0 Å². The van der Waals surface area contributed by atoms with Crippen LogP contribution < -0.4 is 16.4 Å². The molecular weight excluding hydrogens is 299 g/mol. The maximum atomic E-state index is 11.7. The van der Waals surface area contributed by atoms with Gasteiger partial charge >= 0.3 is 13.6 Å². The lowest BCUT2D eigenvalue weighted by atomic mass is 10.1. The van der Waals surface area contributed by atoms with Crippen LogP contribution >= 0.6 is 7.60 Å². The molecule has 2 atom stereocenters. The first-order valence-corrected chi connectivity index (χ1v) is 7.61. The molecule has 0 saturated carbocycles. The average molecular weight is 316 g/mol. The van der Waals surface area contributed by atoms with Gasteiger partial charge in [-0.15, -0.1) is 0 Å². The van der Waals surface area contributed by atoms with Gasteiger partial charge in [0.05, 0.1) is 5.30 Å². The fourth-order valence-electron chi connectivity index (χ4n) is 1.62. The number of anilines is 1. The molecule has 0 heterocycles. The number of carbonyl (C=O) groups excluding carboxylic acids is 1. The summed E-state index contributed by atoms with van der Waals surface area (Å²) in [5.74, 6) is -1.75. The summed E-state index contributed by atoms with van der Waals surface area (Å²) in [5, 5.41) is 11.8. The first-order chi connectivity index (χ1) is 9.76. The second-order valence-electron chi connectivity index (χ2n) is 4.29. The molecule has 0 radical (unpaired) electrons. The van der Waals surface area contributed by atoms with Gasteiger partial charge in [0.2, 0.25) is 5.91 Å². The zero-order chi connectivity index (χ0) is 16.0. The predicted octanol–water partition coefficient (Wildman–Crippen LogP) is 0.274. The molecule has 0 spiro atoms. The predicted molar refractivity (Wildman–Crippen MR) is 76.4 cm³/mol. The molecule has 0 saturated heterocycles. The Morgan fingerprint density at radius 2 is 2.14 bits per heavy atom. The van der Waals surface area contributed by atoms with Crippen molar-refractivity contribution in [3.8, 4) is 0 Å². The van der Waals surface area contributed by atoms with E-state index in [-0.39, 0.29) is 18.1 Å². The van der Waals surface area contributed by atoms with Gasteiger partial charge in [-0.1, -0.05) is 6.07 Å². The molecule has 0 aliphatic heterocycles. The molecule has 9 heteroatoms. The summed E-state index contributed by atoms with van der Waals surface area (Å²) in [6.45, 7) is 0. The molecule has 1 aromatic rings. The lowest BCUT2D eigenvalue weighted by Gasteiger charge is -2.16. The number of hydrogen-bond donors (Lipinski definition) is 4. The Bertz CT molecular complexity index is 577. The highest BCUT2D eigenvalue weighted by atomic mass is 31.2. The number of rotatable bonds is 8. The van der Waals surface area contributed by atoms with Gasteiger partial charge in [-0.25, -0.2) is 4.79 Å². The minimum Gasteiger partial charge on any atom is -0.480 e. The van der Waals surface area contributed by atoms with E-state index in [0.717, 1.165) is 7.11 Å². The maximum Gasteiger partial charge on any atom is 0.358 e. The van der Waals surface area contributed by atoms with Crippen molar-refractivity contribution in [2.45, 2.75) is 18.9 Å². The number of benzene rings is 1. The highest BCUT2D eigenvalue weighted by Gasteiger charge is 2.22. The Balaban J connectivity index is 2.89. The van der Waals surface area contributed by atoms with Crippen LogP contribution in [0.1, 0.15) is 12.8 Å². The van der Waals surface area contributed by atoms with Gasteiger partial charge in [0.15, 0.2) is 0 Å². The van der Waals surface area contributed by atoms with E-state index < -0.39 is 25.5 Å². The number of carboxylic acid groups (broad SMARTS) is 1. The third kappa shape index (κ3) is 5.18. The van der Waals surface area contributed by atoms with Crippen LogP contribution in [0.3, 0.4) is 0 Å². The second kappa shape index (κ2) is 7.21. The molecule has 0 aliphatic rings. The van der Waals surface area contributed by atoms with Crippen molar-refractivity contribution >= 4 is 30.5 Å². The number of hydrogen-bond acceptors (Lipinski definition) is 5. The topological polar surface area (TPSA) is 139 Å². The normalized spacial score (nSPS) is 15.0. The molecule has 1 rings (SSSR count). The lowest BCUT2D eigenvalue weighted by Crippen LogP contribution is -2.31. The summed E-state index contributed by atoms with van der Waals surface area (Å²) in [7, 11) is -2.81. The van der Waals surface area contributed by atoms with E-state index in [1.54, 1.807) is 6.07 Å². The third-order valence-corrected chi connectivity index (χ3v) is 4.16. The van der Waals surface area contributed by atoms with E-state index in [4.69, 9.17) is 10.8 Å². The minimum atomic E-state index is -3.91. The second-order valence-corrected chi connectivity index (χ2v) is 6.22. The van der Waals surface area contributed by atoms with E-state index in [1.165, 1.54) is 18.2 Å². The highest BCUT2D eigenvalue weighted by molar-refractivity contribution is 7.61. The van der Waals surface area contributed by atoms with Gasteiger partial charge in [-0.3, -0.25) is 9.36 Å². The summed E-state index contributed by atoms with van der Waals surface area (Å²) >= 11 is 0. The van der Waals surface area contributed by atoms with Gasteiger partial charge in [0, 0.05) is 19.2 Å². The number of aliphatic carboxylic acids is 1. The van der Waals surface area contributed by atoms with Crippen LogP contribution in [0.15, 0.2) is 24.3 Å². The lowest BCUT2D eigenvalue weighted by molar-refractivity contribution is -0.138. The number of primary amides is 1. The molecule has 0 bridgehead atoms. The Hall–Kier alpha value is -1.89. The SMILES string of the molecule is COP(=O)(O)c1cccc(N[C@@H](CCC(N)=O)C(=O)O)c1. The molecule has 21 heavy (non-hydrogen) atoms. The fraction of sp³-hybridized carbons (Fsp3) is 0.333. The van der Waals surface area contributed by atoms with Crippen molar-refractivity contribution in [2.24, 2.45) is 5.73 Å². The molecule has 0 fully saturated rings. The van der Waals surface area contributed by atoms with Crippen molar-refractivity contribution in [1.82, 2.24) is 0 Å². The molecule has 1 aromatic carbocycles. The van der Waals surface area contributed by atoms with E-state index in [0.29, 0.717) is 5.69 Å². The number of nitrogens with two attached hydrogens (primary N) is 1. The van der Waals surface area contributed by atoms with Gasteiger partial charge in [0.1, 0.15) is 6.04 Å². The monoisotopic (exact) mass is 316 g/mol. The van der Waals surface area contributed by atoms with Crippen LogP contribution in [-0.2, 0) is 18.7 Å². The maximum absolute atomic E-state index is 11.7. The van der Waals surface area contributed by atoms with Crippen molar-refractivity contribution < 1.29 is 28.7 Å². The van der Waals surface area contributed by atoms with Gasteiger partial charge in [-0.05, 0) is 24.6 Å². The zero-order valence-electron chi connectivity index (χ0n) is 11.4. The number of carbonyl (C=O) groups is 2. The van der Waals surface area contributed by atoms with E-state index in [2.05, 4.69) is 9.84 Å². The van der Waals surface area contributed by atoms with Gasteiger partial charge < -0.3 is 25.6 Å². The summed E-state index contributed by atoms with van der Waals surface area (Å²) < 4.78 is 16.2. The largest absolute Gasteiger partial charge is 0.480 e. The molecule has 116 valence electrons. The molecular formula is C12H17N2O6P. The van der Waals surface area contributed by atoms with E-state index in [1.807, 2.05) is 0 Å². The smallest absolute Gasteiger partial charge is 0.358 e. The van der Waals surface area contributed by atoms with Gasteiger partial charge in [-0.2, -0.15) is 0 Å². The summed E-state index contributed by atoms with van der Waals surface area (Å²) in [4.78, 5) is 31.4. The minimum absolute atomic E-state index is 0.00988. The number of carboxylic acids is 1. The van der Waals surface area contributed by atoms with Gasteiger partial charge in [0.25, 0.3) is 0 Å². The van der Waals surface area contributed by atoms with Crippen LogP contribution in [0.25, 0.3) is 0 Å². The van der Waals surface area contributed by atoms with Crippen molar-refractivity contribution in [2.75, 3.05) is 12.4 Å². The molecule has 0 aromatic heterocycles. The molecule has 1 amide bonds. The van der Waals surface area contributed by atoms with Crippen molar-refractivity contribution in [3.05, 3.63) is 24.3 Å². The fourth-order valence-corrected chi connectivity index (χ4v) is 2.41. The Morgan fingerprint density at radius 3 is 2.67 bits per heavy atom. The van der Waals surface area contributed by atoms with Crippen LogP contribution in [0.4, 0.5) is 5.69 Å². The molecule has 1 unspecified atom stereocenters. The van der Waals surface area contributed by atoms with Crippen LogP contribution in [0.2, 0.25) is 0 Å². The summed E-state index contributed by atoms with van der Waals surface area (Å²) in [6, 6.07) is 4.72. The Morgan fingerprint density at radius 1 is 1.48 bits per heavy atom. The number of amides is 1. The average Bonchev–Trinajstić information content (AvgIpc) is 2.43. The van der Waals surface area contributed by atoms with Crippen molar-refractivity contribution in [3.63, 3.8) is 0 Å². The number of nitrogens with one attached hydrogen (secondary N) is 1. The zero-order valence-corrected chi connectivity index (χ0v) is 12.2. The quantitative estimate of drug-likeness (QED) is 0.505. The molecule has 0 aliphatic carbocycles. The Kier molecular flexibility index (Phi) is 5.90. The Labute approximate surface area is 121 Å². The first-order valence-electron chi connectivity index (χ1n) is 6.03. The first kappa shape index (κ1) is 17.2. The summed E-state index contributed by atoms with van der Waals surface area (Å²) in [5.41, 5.74) is 5.32. The third-order valence-electron chi connectivity index (χ3n) is 2.74. The standard InChI is InChI=1S/C12H17N2O6P/c1-20-21(18,19)9-4-2-3-8(7-9)14-10(12(16)17)5-6-11(13)15/h2-4,7,10,14H,5-6H2,1H3,(H2,13,15)(H,16,17)(H,18,19)/t10-/m0/s1. The summed E-state index contributed by atoms with van der Waals surface area (Å²) in [6.07, 6.45) is -0.0732. The van der Waals surface area contributed by atoms with Crippen molar-refractivity contribution in [1.29, 1.82) is 0 Å². The van der Waals surface area contributed by atoms with E-state index in [9.17, 15) is 19.0 Å².